The monoisotopic (exact) mass is 380 g/mol. The lowest BCUT2D eigenvalue weighted by atomic mass is 10.1. The van der Waals surface area contributed by atoms with Gasteiger partial charge in [-0.15, -0.1) is 0 Å². The third kappa shape index (κ3) is 6.61. The second-order valence-corrected chi connectivity index (χ2v) is 8.39. The maximum absolute atomic E-state index is 6.14. The van der Waals surface area contributed by atoms with Gasteiger partial charge in [0.1, 0.15) is 0 Å². The second kappa shape index (κ2) is 11.2. The van der Waals surface area contributed by atoms with Crippen LogP contribution in [-0.2, 0) is 9.47 Å². The Morgan fingerprint density at radius 1 is 1.15 bits per heavy atom. The smallest absolute Gasteiger partial charge is 0.193 e. The van der Waals surface area contributed by atoms with Gasteiger partial charge < -0.3 is 24.6 Å². The van der Waals surface area contributed by atoms with Crippen molar-refractivity contribution in [3.8, 4) is 0 Å². The fraction of sp³-hybridized carbons (Fsp3) is 0.952. The zero-order valence-electron chi connectivity index (χ0n) is 17.5. The van der Waals surface area contributed by atoms with E-state index in [9.17, 15) is 0 Å². The summed E-state index contributed by atoms with van der Waals surface area (Å²) in [5, 5.41) is 3.63. The summed E-state index contributed by atoms with van der Waals surface area (Å²) in [7, 11) is 1.91. The predicted molar refractivity (Wildman–Crippen MR) is 110 cm³/mol. The molecule has 3 aliphatic heterocycles. The number of nitrogens with zero attached hydrogens (tertiary/aromatic N) is 3. The molecule has 0 spiro atoms. The van der Waals surface area contributed by atoms with Gasteiger partial charge in [-0.05, 0) is 64.0 Å². The number of piperidine rings is 1. The molecule has 1 N–H and O–H groups in total. The van der Waals surface area contributed by atoms with Crippen molar-refractivity contribution >= 4 is 5.96 Å². The Morgan fingerprint density at radius 3 is 2.70 bits per heavy atom. The first-order valence-electron chi connectivity index (χ1n) is 11.2. The van der Waals surface area contributed by atoms with Crippen LogP contribution in [0.2, 0.25) is 0 Å². The van der Waals surface area contributed by atoms with Crippen LogP contribution in [0.4, 0.5) is 0 Å². The van der Waals surface area contributed by atoms with E-state index in [1.54, 1.807) is 0 Å². The first-order chi connectivity index (χ1) is 13.3. The molecule has 3 fully saturated rings. The third-order valence-electron chi connectivity index (χ3n) is 6.20. The van der Waals surface area contributed by atoms with Crippen LogP contribution in [0.3, 0.4) is 0 Å². The number of aliphatic imine (C=N–C) groups is 1. The fourth-order valence-electron chi connectivity index (χ4n) is 4.58. The van der Waals surface area contributed by atoms with Crippen LogP contribution in [0.5, 0.6) is 0 Å². The molecule has 6 heteroatoms. The van der Waals surface area contributed by atoms with Crippen molar-refractivity contribution in [3.63, 3.8) is 0 Å². The molecule has 156 valence electrons. The molecule has 0 aliphatic carbocycles. The summed E-state index contributed by atoms with van der Waals surface area (Å²) in [6.07, 6.45) is 9.08. The molecule has 3 saturated heterocycles. The van der Waals surface area contributed by atoms with Crippen molar-refractivity contribution in [1.29, 1.82) is 0 Å². The van der Waals surface area contributed by atoms with Gasteiger partial charge in [0.15, 0.2) is 5.96 Å². The summed E-state index contributed by atoms with van der Waals surface area (Å²) >= 11 is 0. The van der Waals surface area contributed by atoms with Crippen molar-refractivity contribution in [1.82, 2.24) is 15.1 Å². The standard InChI is InChI=1S/C21H40N4O2/c1-3-10-24-11-7-18(16-24)15-23-21(22-2)25-12-8-19(9-13-25)27-17-20-6-4-5-14-26-20/h18-20H,3-17H2,1-2H3,(H,22,23). The highest BCUT2D eigenvalue weighted by atomic mass is 16.5. The molecule has 0 aromatic heterocycles. The highest BCUT2D eigenvalue weighted by Crippen LogP contribution is 2.19. The van der Waals surface area contributed by atoms with E-state index >= 15 is 0 Å². The molecule has 3 aliphatic rings. The van der Waals surface area contributed by atoms with Crippen molar-refractivity contribution in [2.24, 2.45) is 10.9 Å². The van der Waals surface area contributed by atoms with E-state index in [0.717, 1.165) is 64.0 Å². The average molecular weight is 381 g/mol. The van der Waals surface area contributed by atoms with Crippen LogP contribution < -0.4 is 5.32 Å². The molecule has 0 aromatic rings. The summed E-state index contributed by atoms with van der Waals surface area (Å²) in [4.78, 5) is 9.52. The molecule has 2 unspecified atom stereocenters. The van der Waals surface area contributed by atoms with Crippen LogP contribution in [0.25, 0.3) is 0 Å². The fourth-order valence-corrected chi connectivity index (χ4v) is 4.58. The predicted octanol–water partition coefficient (Wildman–Crippen LogP) is 2.34. The highest BCUT2D eigenvalue weighted by molar-refractivity contribution is 5.79. The maximum Gasteiger partial charge on any atom is 0.193 e. The molecule has 27 heavy (non-hydrogen) atoms. The largest absolute Gasteiger partial charge is 0.376 e. The second-order valence-electron chi connectivity index (χ2n) is 8.39. The number of hydrogen-bond acceptors (Lipinski definition) is 4. The number of ether oxygens (including phenoxy) is 2. The highest BCUT2D eigenvalue weighted by Gasteiger charge is 2.25. The van der Waals surface area contributed by atoms with E-state index in [2.05, 4.69) is 27.0 Å². The first-order valence-corrected chi connectivity index (χ1v) is 11.2. The lowest BCUT2D eigenvalue weighted by molar-refractivity contribution is -0.0721. The summed E-state index contributed by atoms with van der Waals surface area (Å²) in [5.74, 6) is 1.82. The first kappa shape index (κ1) is 20.9. The molecule has 0 saturated carbocycles. The van der Waals surface area contributed by atoms with Crippen molar-refractivity contribution < 1.29 is 9.47 Å². The van der Waals surface area contributed by atoms with Crippen LogP contribution in [-0.4, -0.2) is 87.5 Å². The van der Waals surface area contributed by atoms with Crippen LogP contribution in [0.15, 0.2) is 4.99 Å². The van der Waals surface area contributed by atoms with Crippen molar-refractivity contribution in [2.75, 3.05) is 59.5 Å². The van der Waals surface area contributed by atoms with Gasteiger partial charge in [0.25, 0.3) is 0 Å². The summed E-state index contributed by atoms with van der Waals surface area (Å²) in [5.41, 5.74) is 0. The van der Waals surface area contributed by atoms with Gasteiger partial charge in [-0.2, -0.15) is 0 Å². The molecule has 2 atom stereocenters. The van der Waals surface area contributed by atoms with Crippen molar-refractivity contribution in [2.45, 2.75) is 64.1 Å². The Bertz CT molecular complexity index is 445. The van der Waals surface area contributed by atoms with Gasteiger partial charge in [0.05, 0.1) is 18.8 Å². The van der Waals surface area contributed by atoms with E-state index in [0.29, 0.717) is 12.2 Å². The van der Waals surface area contributed by atoms with Gasteiger partial charge in [0, 0.05) is 39.8 Å². The molecular weight excluding hydrogens is 340 g/mol. The number of guanidine groups is 1. The van der Waals surface area contributed by atoms with Gasteiger partial charge in [-0.1, -0.05) is 6.92 Å². The Labute approximate surface area is 165 Å². The summed E-state index contributed by atoms with van der Waals surface area (Å²) < 4.78 is 11.9. The normalized spacial score (nSPS) is 28.7. The third-order valence-corrected chi connectivity index (χ3v) is 6.20. The van der Waals surface area contributed by atoms with E-state index in [4.69, 9.17) is 9.47 Å². The van der Waals surface area contributed by atoms with Crippen molar-refractivity contribution in [3.05, 3.63) is 0 Å². The van der Waals surface area contributed by atoms with E-state index < -0.39 is 0 Å². The minimum atomic E-state index is 0.324. The molecule has 0 aromatic carbocycles. The summed E-state index contributed by atoms with van der Waals surface area (Å²) in [6, 6.07) is 0. The zero-order chi connectivity index (χ0) is 18.9. The molecule has 0 amide bonds. The van der Waals surface area contributed by atoms with E-state index in [-0.39, 0.29) is 0 Å². The quantitative estimate of drug-likeness (QED) is 0.543. The zero-order valence-corrected chi connectivity index (χ0v) is 17.5. The molecule has 0 bridgehead atoms. The lowest BCUT2D eigenvalue weighted by Crippen LogP contribution is -2.48. The Balaban J connectivity index is 1.32. The molecule has 6 nitrogen and oxygen atoms in total. The Kier molecular flexibility index (Phi) is 8.68. The molecule has 3 rings (SSSR count). The van der Waals surface area contributed by atoms with Gasteiger partial charge >= 0.3 is 0 Å². The minimum Gasteiger partial charge on any atom is -0.376 e. The number of rotatable bonds is 7. The summed E-state index contributed by atoms with van der Waals surface area (Å²) in [6.45, 7) is 10.8. The Hall–Kier alpha value is -0.850. The number of hydrogen-bond donors (Lipinski definition) is 1. The SMILES string of the molecule is CCCN1CCC(CNC(=NC)N2CCC(OCC3CCCCO3)CC2)C1. The van der Waals surface area contributed by atoms with Gasteiger partial charge in [0.2, 0.25) is 0 Å². The van der Waals surface area contributed by atoms with Crippen LogP contribution >= 0.6 is 0 Å². The van der Waals surface area contributed by atoms with Gasteiger partial charge in [-0.3, -0.25) is 4.99 Å². The van der Waals surface area contributed by atoms with Crippen LogP contribution in [0.1, 0.15) is 51.9 Å². The minimum absolute atomic E-state index is 0.324. The lowest BCUT2D eigenvalue weighted by Gasteiger charge is -2.35. The molecule has 0 radical (unpaired) electrons. The molecule has 3 heterocycles. The van der Waals surface area contributed by atoms with Crippen LogP contribution in [0, 0.1) is 5.92 Å². The Morgan fingerprint density at radius 2 is 2.00 bits per heavy atom. The maximum atomic E-state index is 6.14. The number of nitrogens with one attached hydrogen (secondary N) is 1. The molecular formula is C21H40N4O2. The topological polar surface area (TPSA) is 49.3 Å². The average Bonchev–Trinajstić information content (AvgIpc) is 3.16. The van der Waals surface area contributed by atoms with E-state index in [1.165, 1.54) is 45.3 Å². The van der Waals surface area contributed by atoms with Gasteiger partial charge in [-0.25, -0.2) is 0 Å². The number of likely N-dealkylation sites (tertiary alicyclic amines) is 2. The van der Waals surface area contributed by atoms with E-state index in [1.807, 2.05) is 7.05 Å².